The Morgan fingerprint density at radius 1 is 0.864 bits per heavy atom. The SMILES string of the molecule is ClC(=C\[P+](Cl)(Cl)Cl)/N=C(\Cl)N=P(Cl)(Cl)Cl.Cl[P-](Cl)(Cl)(Cl)(Cl)Cl. The Kier molecular flexibility index (Phi) is 12.3. The molecule has 0 aromatic heterocycles. The zero-order chi connectivity index (χ0) is 18.7. The summed E-state index contributed by atoms with van der Waals surface area (Å²) >= 11 is 73.9. The van der Waals surface area contributed by atoms with Crippen molar-refractivity contribution in [1.29, 1.82) is 0 Å². The van der Waals surface area contributed by atoms with Gasteiger partial charge in [-0.3, -0.25) is 0 Å². The monoisotopic (exact) mass is 647 g/mol. The minimum absolute atomic E-state index is 0.129. The molecular formula is C3HCl14N2P3. The van der Waals surface area contributed by atoms with Gasteiger partial charge in [0, 0.05) is 0 Å². The summed E-state index contributed by atoms with van der Waals surface area (Å²) in [7, 11) is 0. The number of hydrogen-bond acceptors (Lipinski definition) is 1. The molecule has 0 bridgehead atoms. The molecule has 0 aromatic carbocycles. The van der Waals surface area contributed by atoms with Gasteiger partial charge < -0.3 is 0 Å². The van der Waals surface area contributed by atoms with Gasteiger partial charge in [-0.1, -0.05) is 11.6 Å². The zero-order valence-corrected chi connectivity index (χ0v) is 22.4. The average molecular weight is 654 g/mol. The number of aliphatic imine (C=N–C) groups is 1. The Morgan fingerprint density at radius 3 is 1.41 bits per heavy atom. The van der Waals surface area contributed by atoms with E-state index in [0.717, 1.165) is 5.82 Å². The van der Waals surface area contributed by atoms with Gasteiger partial charge in [-0.25, -0.2) is 4.99 Å². The van der Waals surface area contributed by atoms with Crippen LogP contribution >= 0.6 is 171 Å². The molecule has 0 rings (SSSR count). The second-order valence-electron chi connectivity index (χ2n) is 2.79. The van der Waals surface area contributed by atoms with Gasteiger partial charge in [0.15, 0.2) is 5.16 Å². The molecule has 0 N–H and O–H groups in total. The molecule has 0 radical (unpaired) electrons. The topological polar surface area (TPSA) is 24.7 Å². The summed E-state index contributed by atoms with van der Waals surface area (Å²) in [5.41, 5.74) is 0. The fraction of sp³-hybridized carbons (Fsp3) is 0. The third-order valence-corrected chi connectivity index (χ3v) is 3.79. The maximum atomic E-state index is 5.58. The Balaban J connectivity index is 0. The van der Waals surface area contributed by atoms with Gasteiger partial charge in [-0.05, 0) is 45.3 Å². The van der Waals surface area contributed by atoms with Crippen LogP contribution in [-0.2, 0) is 0 Å². The Labute approximate surface area is 194 Å². The maximum absolute atomic E-state index is 5.58. The molecule has 0 heterocycles. The zero-order valence-electron chi connectivity index (χ0n) is 9.10. The Bertz CT molecular complexity index is 481. The first-order valence-corrected chi connectivity index (χ1v) is 21.7. The molecule has 19 heteroatoms. The van der Waals surface area contributed by atoms with Gasteiger partial charge in [0.05, 0.1) is 0 Å². The van der Waals surface area contributed by atoms with Crippen LogP contribution < -0.4 is 0 Å². The van der Waals surface area contributed by atoms with E-state index >= 15 is 0 Å². The van der Waals surface area contributed by atoms with Crippen molar-refractivity contribution in [3.05, 3.63) is 11.0 Å². The summed E-state index contributed by atoms with van der Waals surface area (Å²) in [5.74, 6) is 1.13. The standard InChI is InChI=1S/C3HCl8N2P2.Cl6P/c4-2(1-14(6,7)8)12-3(5)13-15(9,10)11;1-7(2,3,4,5)6/h1H;/q+1;-1/b2-1+,12-3+;. The molecule has 0 fully saturated rings. The van der Waals surface area contributed by atoms with Crippen LogP contribution in [0.25, 0.3) is 0 Å². The van der Waals surface area contributed by atoms with Gasteiger partial charge in [0.25, 0.3) is 0 Å². The van der Waals surface area contributed by atoms with E-state index in [1.807, 2.05) is 0 Å². The van der Waals surface area contributed by atoms with Crippen molar-refractivity contribution in [2.45, 2.75) is 0 Å². The minimum atomic E-state index is -4.82. The molecule has 0 saturated heterocycles. The molecule has 0 aromatic rings. The quantitative estimate of drug-likeness (QED) is 0.123. The summed E-state index contributed by atoms with van der Waals surface area (Å²) < 4.78 is -1.36. The average Bonchev–Trinajstić information content (AvgIpc) is 1.85. The third kappa shape index (κ3) is 39.6. The van der Waals surface area contributed by atoms with Crippen LogP contribution in [0.4, 0.5) is 0 Å². The van der Waals surface area contributed by atoms with Crippen LogP contribution in [0.3, 0.4) is 0 Å². The molecule has 0 spiro atoms. The van der Waals surface area contributed by atoms with Crippen molar-refractivity contribution in [2.75, 3.05) is 0 Å². The molecule has 22 heavy (non-hydrogen) atoms. The van der Waals surface area contributed by atoms with E-state index in [1.165, 1.54) is 0 Å². The molecule has 0 atom stereocenters. The van der Waals surface area contributed by atoms with Crippen LogP contribution in [-0.4, -0.2) is 5.29 Å². The van der Waals surface area contributed by atoms with Crippen LogP contribution in [0.1, 0.15) is 0 Å². The van der Waals surface area contributed by atoms with E-state index in [4.69, 9.17) is 158 Å². The molecule has 0 aliphatic heterocycles. The number of hydrogen-bond donors (Lipinski definition) is 0. The van der Waals surface area contributed by atoms with Gasteiger partial charge in [0.1, 0.15) is 39.5 Å². The van der Waals surface area contributed by atoms with Gasteiger partial charge >= 0.3 is 74.8 Å². The van der Waals surface area contributed by atoms with Gasteiger partial charge in [-0.15, -0.1) is 0 Å². The molecule has 0 unspecified atom stereocenters. The van der Waals surface area contributed by atoms with Crippen LogP contribution in [0, 0.1) is 0 Å². The van der Waals surface area contributed by atoms with Gasteiger partial charge in [0.2, 0.25) is 10.4 Å². The van der Waals surface area contributed by atoms with Crippen molar-refractivity contribution >= 4 is 176 Å². The predicted molar refractivity (Wildman–Crippen MR) is 121 cm³/mol. The summed E-state index contributed by atoms with van der Waals surface area (Å²) in [5, 5.41) is -6.18. The van der Waals surface area contributed by atoms with Crippen molar-refractivity contribution in [3.63, 3.8) is 0 Å². The predicted octanol–water partition coefficient (Wildman–Crippen LogP) is 12.8. The number of amidine groups is 1. The van der Waals surface area contributed by atoms with Crippen molar-refractivity contribution in [1.82, 2.24) is 0 Å². The summed E-state index contributed by atoms with van der Waals surface area (Å²) in [6, 6.07) is 0. The van der Waals surface area contributed by atoms with E-state index in [-0.39, 0.29) is 10.5 Å². The normalized spacial score (nSPS) is 17.9. The first-order chi connectivity index (χ1) is 8.94. The van der Waals surface area contributed by atoms with Crippen LogP contribution in [0.15, 0.2) is 20.7 Å². The molecule has 136 valence electrons. The first-order valence-electron chi connectivity index (χ1n) is 3.82. The van der Waals surface area contributed by atoms with Gasteiger partial charge in [-0.2, -0.15) is 4.74 Å². The van der Waals surface area contributed by atoms with Crippen LogP contribution in [0.2, 0.25) is 0 Å². The van der Waals surface area contributed by atoms with Crippen molar-refractivity contribution in [2.24, 2.45) is 9.74 Å². The summed E-state index contributed by atoms with van der Waals surface area (Å²) in [4.78, 5) is 3.54. The van der Waals surface area contributed by atoms with Crippen LogP contribution in [0.5, 0.6) is 0 Å². The van der Waals surface area contributed by atoms with E-state index in [1.54, 1.807) is 0 Å². The summed E-state index contributed by atoms with van der Waals surface area (Å²) in [6.07, 6.45) is 0. The fourth-order valence-corrected chi connectivity index (χ4v) is 4.15. The molecule has 0 aliphatic rings. The molecule has 0 saturated carbocycles. The number of nitrogens with zero attached hydrogens (tertiary/aromatic N) is 2. The first kappa shape index (κ1) is 28.8. The number of rotatable bonds is 2. The molecule has 0 amide bonds. The Hall–Kier alpha value is 4.56. The second-order valence-corrected chi connectivity index (χ2v) is 43.0. The molecule has 0 aliphatic carbocycles. The Morgan fingerprint density at radius 2 is 1.18 bits per heavy atom. The van der Waals surface area contributed by atoms with E-state index in [2.05, 4.69) is 9.74 Å². The summed E-state index contributed by atoms with van der Waals surface area (Å²) in [6.45, 7) is 0. The van der Waals surface area contributed by atoms with E-state index in [9.17, 15) is 0 Å². The third-order valence-electron chi connectivity index (χ3n) is 0.648. The number of halogens is 14. The van der Waals surface area contributed by atoms with E-state index < -0.39 is 12.5 Å². The van der Waals surface area contributed by atoms with E-state index in [0.29, 0.717) is 0 Å². The van der Waals surface area contributed by atoms with Crippen molar-refractivity contribution in [3.8, 4) is 0 Å². The van der Waals surface area contributed by atoms with Crippen molar-refractivity contribution < 1.29 is 0 Å². The fourth-order valence-electron chi connectivity index (χ4n) is 0.354. The molecule has 2 nitrogen and oxygen atoms in total. The second kappa shape index (κ2) is 9.37. The molecular weight excluding hydrogens is 653 g/mol.